The SMILES string of the molecule is CC(N)=C(C=N)C(=O)N1CCC([C@@H](N)c2cc(Cl)c(Cl)cc2O)CC1. The third-order valence-electron chi connectivity index (χ3n) is 4.56. The molecule has 1 fully saturated rings. The molecule has 0 bridgehead atoms. The Morgan fingerprint density at radius 1 is 1.36 bits per heavy atom. The number of piperidine rings is 1. The molecule has 1 atom stereocenters. The van der Waals surface area contributed by atoms with Crippen LogP contribution in [-0.4, -0.2) is 35.2 Å². The average Bonchev–Trinajstić information content (AvgIpc) is 2.58. The van der Waals surface area contributed by atoms with Gasteiger partial charge < -0.3 is 26.9 Å². The van der Waals surface area contributed by atoms with Crippen LogP contribution in [0.15, 0.2) is 23.4 Å². The maximum absolute atomic E-state index is 12.4. The lowest BCUT2D eigenvalue weighted by atomic mass is 9.85. The second-order valence-electron chi connectivity index (χ2n) is 6.22. The highest BCUT2D eigenvalue weighted by Crippen LogP contribution is 2.37. The molecule has 1 aromatic rings. The Balaban J connectivity index is 2.07. The Morgan fingerprint density at radius 3 is 2.44 bits per heavy atom. The molecular weight excluding hydrogens is 363 g/mol. The molecule has 1 aliphatic heterocycles. The first-order chi connectivity index (χ1) is 11.8. The minimum absolute atomic E-state index is 0.0215. The summed E-state index contributed by atoms with van der Waals surface area (Å²) in [6, 6.07) is 2.58. The highest BCUT2D eigenvalue weighted by atomic mass is 35.5. The van der Waals surface area contributed by atoms with Crippen LogP contribution in [0.25, 0.3) is 0 Å². The fourth-order valence-corrected chi connectivity index (χ4v) is 3.38. The van der Waals surface area contributed by atoms with E-state index < -0.39 is 6.04 Å². The van der Waals surface area contributed by atoms with E-state index in [0.717, 1.165) is 6.21 Å². The summed E-state index contributed by atoms with van der Waals surface area (Å²) in [6.45, 7) is 2.64. The van der Waals surface area contributed by atoms with Crippen molar-refractivity contribution in [3.63, 3.8) is 0 Å². The molecule has 0 spiro atoms. The predicted molar refractivity (Wildman–Crippen MR) is 100 cm³/mol. The number of allylic oxidation sites excluding steroid dienone is 1. The van der Waals surface area contributed by atoms with Crippen LogP contribution in [0.2, 0.25) is 10.0 Å². The molecule has 2 rings (SSSR count). The number of benzene rings is 1. The van der Waals surface area contributed by atoms with Gasteiger partial charge in [-0.3, -0.25) is 4.79 Å². The molecule has 0 aromatic heterocycles. The topological polar surface area (TPSA) is 116 Å². The molecule has 0 saturated carbocycles. The molecule has 0 unspecified atom stereocenters. The number of nitrogens with two attached hydrogens (primary N) is 2. The normalized spacial score (nSPS) is 17.8. The molecule has 136 valence electrons. The van der Waals surface area contributed by atoms with Crippen molar-refractivity contribution in [1.29, 1.82) is 5.41 Å². The molecule has 6 N–H and O–H groups in total. The van der Waals surface area contributed by atoms with Crippen molar-refractivity contribution in [3.05, 3.63) is 39.0 Å². The second-order valence-corrected chi connectivity index (χ2v) is 7.04. The molecule has 1 heterocycles. The molecule has 1 amide bonds. The molecule has 1 saturated heterocycles. The number of hydrogen-bond acceptors (Lipinski definition) is 5. The van der Waals surface area contributed by atoms with Crippen molar-refractivity contribution in [2.75, 3.05) is 13.1 Å². The van der Waals surface area contributed by atoms with Gasteiger partial charge in [-0.05, 0) is 31.7 Å². The van der Waals surface area contributed by atoms with Crippen molar-refractivity contribution in [2.45, 2.75) is 25.8 Å². The summed E-state index contributed by atoms with van der Waals surface area (Å²) in [6.07, 6.45) is 2.35. The molecule has 6 nitrogen and oxygen atoms in total. The Bertz CT molecular complexity index is 709. The number of likely N-dealkylation sites (tertiary alicyclic amines) is 1. The number of nitrogens with one attached hydrogen (secondary N) is 1. The first kappa shape index (κ1) is 19.6. The van der Waals surface area contributed by atoms with Gasteiger partial charge in [-0.15, -0.1) is 0 Å². The van der Waals surface area contributed by atoms with Gasteiger partial charge in [0, 0.05) is 42.7 Å². The van der Waals surface area contributed by atoms with E-state index in [2.05, 4.69) is 0 Å². The van der Waals surface area contributed by atoms with Crippen LogP contribution in [0.4, 0.5) is 0 Å². The fourth-order valence-electron chi connectivity index (χ4n) is 3.05. The quantitative estimate of drug-likeness (QED) is 0.471. The summed E-state index contributed by atoms with van der Waals surface area (Å²) in [4.78, 5) is 14.1. The first-order valence-electron chi connectivity index (χ1n) is 7.95. The van der Waals surface area contributed by atoms with Crippen molar-refractivity contribution in [2.24, 2.45) is 17.4 Å². The van der Waals surface area contributed by atoms with Gasteiger partial charge in [-0.25, -0.2) is 0 Å². The van der Waals surface area contributed by atoms with Gasteiger partial charge >= 0.3 is 0 Å². The molecule has 0 aliphatic carbocycles. The number of phenolic OH excluding ortho intramolecular Hbond substituents is 1. The number of rotatable bonds is 4. The van der Waals surface area contributed by atoms with Crippen molar-refractivity contribution >= 4 is 35.3 Å². The third-order valence-corrected chi connectivity index (χ3v) is 5.29. The number of halogens is 2. The van der Waals surface area contributed by atoms with Crippen LogP contribution in [0.3, 0.4) is 0 Å². The van der Waals surface area contributed by atoms with Crippen LogP contribution in [-0.2, 0) is 4.79 Å². The lowest BCUT2D eigenvalue weighted by Crippen LogP contribution is -2.42. The van der Waals surface area contributed by atoms with E-state index in [0.29, 0.717) is 42.2 Å². The lowest BCUT2D eigenvalue weighted by molar-refractivity contribution is -0.128. The molecule has 1 aromatic carbocycles. The summed E-state index contributed by atoms with van der Waals surface area (Å²) in [5, 5.41) is 18.1. The lowest BCUT2D eigenvalue weighted by Gasteiger charge is -2.35. The second kappa shape index (κ2) is 8.08. The van der Waals surface area contributed by atoms with E-state index in [1.807, 2.05) is 0 Å². The fraction of sp³-hybridized carbons (Fsp3) is 0.412. The average molecular weight is 385 g/mol. The standard InChI is InChI=1S/C17H22Cl2N4O2/c1-9(21)12(8-20)17(25)23-4-2-10(3-5-23)16(22)11-6-13(18)14(19)7-15(11)24/h6-8,10,16,20,24H,2-5,21-22H2,1H3/t16-/m1/s1. The number of carbonyl (C=O) groups is 1. The maximum atomic E-state index is 12.4. The summed E-state index contributed by atoms with van der Waals surface area (Å²) in [5.41, 5.74) is 13.1. The van der Waals surface area contributed by atoms with E-state index in [4.69, 9.17) is 40.1 Å². The van der Waals surface area contributed by atoms with Crippen LogP contribution < -0.4 is 11.5 Å². The van der Waals surface area contributed by atoms with Gasteiger partial charge in [-0.1, -0.05) is 23.2 Å². The van der Waals surface area contributed by atoms with E-state index in [1.165, 1.54) is 6.07 Å². The smallest absolute Gasteiger partial charge is 0.257 e. The monoisotopic (exact) mass is 384 g/mol. The van der Waals surface area contributed by atoms with Crippen LogP contribution in [0, 0.1) is 11.3 Å². The van der Waals surface area contributed by atoms with Crippen molar-refractivity contribution in [3.8, 4) is 5.75 Å². The van der Waals surface area contributed by atoms with Gasteiger partial charge in [-0.2, -0.15) is 0 Å². The van der Waals surface area contributed by atoms with Gasteiger partial charge in [0.2, 0.25) is 0 Å². The summed E-state index contributed by atoms with van der Waals surface area (Å²) in [5.74, 6) is -0.119. The number of carbonyl (C=O) groups excluding carboxylic acids is 1. The van der Waals surface area contributed by atoms with E-state index >= 15 is 0 Å². The zero-order valence-corrected chi connectivity index (χ0v) is 15.4. The summed E-state index contributed by atoms with van der Waals surface area (Å²) in [7, 11) is 0. The zero-order valence-electron chi connectivity index (χ0n) is 13.9. The number of phenols is 1. The Labute approximate surface area is 156 Å². The van der Waals surface area contributed by atoms with Crippen molar-refractivity contribution < 1.29 is 9.90 Å². The minimum Gasteiger partial charge on any atom is -0.508 e. The number of amides is 1. The van der Waals surface area contributed by atoms with Crippen molar-refractivity contribution in [1.82, 2.24) is 4.90 Å². The number of aromatic hydroxyl groups is 1. The van der Waals surface area contributed by atoms with Crippen LogP contribution in [0.1, 0.15) is 31.4 Å². The highest BCUT2D eigenvalue weighted by molar-refractivity contribution is 6.42. The van der Waals surface area contributed by atoms with E-state index in [1.54, 1.807) is 17.9 Å². The molecule has 1 aliphatic rings. The molecular formula is C17H22Cl2N4O2. The van der Waals surface area contributed by atoms with E-state index in [-0.39, 0.29) is 28.2 Å². The maximum Gasteiger partial charge on any atom is 0.257 e. The predicted octanol–water partition coefficient (Wildman–Crippen LogP) is 2.82. The van der Waals surface area contributed by atoms with Gasteiger partial charge in [0.25, 0.3) is 5.91 Å². The first-order valence-corrected chi connectivity index (χ1v) is 8.71. The van der Waals surface area contributed by atoms with Gasteiger partial charge in [0.05, 0.1) is 15.6 Å². The number of hydrogen-bond donors (Lipinski definition) is 4. The summed E-state index contributed by atoms with van der Waals surface area (Å²) < 4.78 is 0. The number of nitrogens with zero attached hydrogens (tertiary/aromatic N) is 1. The third kappa shape index (κ3) is 4.26. The molecule has 0 radical (unpaired) electrons. The Kier molecular flexibility index (Phi) is 6.32. The summed E-state index contributed by atoms with van der Waals surface area (Å²) >= 11 is 11.9. The Morgan fingerprint density at radius 2 is 1.92 bits per heavy atom. The largest absolute Gasteiger partial charge is 0.508 e. The van der Waals surface area contributed by atoms with Crippen LogP contribution >= 0.6 is 23.2 Å². The van der Waals surface area contributed by atoms with Gasteiger partial charge in [0.15, 0.2) is 0 Å². The minimum atomic E-state index is -0.402. The van der Waals surface area contributed by atoms with Gasteiger partial charge in [0.1, 0.15) is 5.75 Å². The highest BCUT2D eigenvalue weighted by Gasteiger charge is 2.30. The zero-order chi connectivity index (χ0) is 18.7. The molecule has 8 heteroatoms. The van der Waals surface area contributed by atoms with E-state index in [9.17, 15) is 9.90 Å². The molecule has 25 heavy (non-hydrogen) atoms. The van der Waals surface area contributed by atoms with Crippen LogP contribution in [0.5, 0.6) is 5.75 Å². The Hall–Kier alpha value is -1.76.